The number of hydrogen-bond donors (Lipinski definition) is 1. The zero-order chi connectivity index (χ0) is 15.4. The number of ether oxygens (including phenoxy) is 2. The van der Waals surface area contributed by atoms with Crippen molar-refractivity contribution in [2.45, 2.75) is 38.5 Å². The predicted octanol–water partition coefficient (Wildman–Crippen LogP) is 1.05. The Morgan fingerprint density at radius 2 is 2.48 bits per heavy atom. The molecule has 1 N–H and O–H groups in total. The molecule has 0 radical (unpaired) electrons. The van der Waals surface area contributed by atoms with Crippen LogP contribution in [0.1, 0.15) is 19.8 Å². The van der Waals surface area contributed by atoms with Crippen LogP contribution < -0.4 is 10.9 Å². The van der Waals surface area contributed by atoms with Crippen LogP contribution in [-0.2, 0) is 20.8 Å². The van der Waals surface area contributed by atoms with Crippen LogP contribution in [0.5, 0.6) is 0 Å². The minimum absolute atomic E-state index is 0.00116. The van der Waals surface area contributed by atoms with Gasteiger partial charge in [0.15, 0.2) is 0 Å². The smallest absolute Gasteiger partial charge is 0.327 e. The van der Waals surface area contributed by atoms with E-state index in [1.165, 1.54) is 13.3 Å². The first-order chi connectivity index (χ1) is 10.0. The first kappa shape index (κ1) is 15.8. The first-order valence-electron chi connectivity index (χ1n) is 6.73. The molecule has 2 unspecified atom stereocenters. The van der Waals surface area contributed by atoms with Crippen LogP contribution in [-0.4, -0.2) is 41.6 Å². The van der Waals surface area contributed by atoms with Gasteiger partial charge in [-0.05, 0) is 19.8 Å². The molecule has 1 saturated heterocycles. The summed E-state index contributed by atoms with van der Waals surface area (Å²) >= 11 is 6.05. The molecule has 0 aromatic carbocycles. The van der Waals surface area contributed by atoms with Gasteiger partial charge in [-0.25, -0.2) is 4.68 Å². The molecule has 1 fully saturated rings. The van der Waals surface area contributed by atoms with Gasteiger partial charge < -0.3 is 14.8 Å². The molecule has 2 rings (SSSR count). The number of aromatic nitrogens is 2. The number of nitrogens with one attached hydrogen (secondary N) is 1. The van der Waals surface area contributed by atoms with Crippen molar-refractivity contribution in [3.05, 3.63) is 21.6 Å². The fourth-order valence-electron chi connectivity index (χ4n) is 2.20. The van der Waals surface area contributed by atoms with Crippen LogP contribution in [0.2, 0.25) is 5.02 Å². The molecular weight excluding hydrogens is 298 g/mol. The summed E-state index contributed by atoms with van der Waals surface area (Å²) in [7, 11) is 1.24. The highest BCUT2D eigenvalue weighted by Gasteiger charge is 2.23. The highest BCUT2D eigenvalue weighted by molar-refractivity contribution is 6.32. The molecule has 1 aromatic heterocycles. The summed E-state index contributed by atoms with van der Waals surface area (Å²) < 4.78 is 11.0. The summed E-state index contributed by atoms with van der Waals surface area (Å²) in [4.78, 5) is 23.2. The van der Waals surface area contributed by atoms with Gasteiger partial charge in [-0.2, -0.15) is 5.10 Å². The lowest BCUT2D eigenvalue weighted by atomic mass is 10.1. The number of rotatable bonds is 5. The van der Waals surface area contributed by atoms with Gasteiger partial charge in [-0.1, -0.05) is 11.6 Å². The second-order valence-corrected chi connectivity index (χ2v) is 5.27. The van der Waals surface area contributed by atoms with E-state index in [4.69, 9.17) is 16.3 Å². The van der Waals surface area contributed by atoms with Gasteiger partial charge >= 0.3 is 5.97 Å². The average Bonchev–Trinajstić information content (AvgIpc) is 3.01. The fraction of sp³-hybridized carbons (Fsp3) is 0.615. The van der Waals surface area contributed by atoms with Gasteiger partial charge in [0.25, 0.3) is 5.56 Å². The Labute approximate surface area is 127 Å². The van der Waals surface area contributed by atoms with Crippen molar-refractivity contribution < 1.29 is 14.3 Å². The number of methoxy groups -OCH3 is 1. The van der Waals surface area contributed by atoms with Crippen LogP contribution in [0.25, 0.3) is 0 Å². The van der Waals surface area contributed by atoms with Crippen LogP contribution in [0.4, 0.5) is 5.69 Å². The van der Waals surface area contributed by atoms with Gasteiger partial charge in [0.2, 0.25) is 0 Å². The number of carbonyl (C=O) groups excluding carboxylic acids is 1. The summed E-state index contributed by atoms with van der Waals surface area (Å²) in [6.45, 7) is 2.45. The second kappa shape index (κ2) is 6.91. The van der Waals surface area contributed by atoms with Crippen LogP contribution >= 0.6 is 11.6 Å². The normalized spacial score (nSPS) is 19.3. The molecule has 116 valence electrons. The van der Waals surface area contributed by atoms with Crippen molar-refractivity contribution >= 4 is 23.3 Å². The Morgan fingerprint density at radius 1 is 1.71 bits per heavy atom. The molecule has 0 amide bonds. The van der Waals surface area contributed by atoms with Crippen LogP contribution in [0, 0.1) is 0 Å². The molecule has 1 aliphatic rings. The van der Waals surface area contributed by atoms with E-state index in [1.807, 2.05) is 6.92 Å². The number of halogens is 1. The van der Waals surface area contributed by atoms with Crippen molar-refractivity contribution in [1.29, 1.82) is 0 Å². The van der Waals surface area contributed by atoms with E-state index in [-0.39, 0.29) is 23.7 Å². The lowest BCUT2D eigenvalue weighted by molar-refractivity contribution is -0.141. The number of nitrogens with zero attached hydrogens (tertiary/aromatic N) is 2. The maximum Gasteiger partial charge on any atom is 0.327 e. The summed E-state index contributed by atoms with van der Waals surface area (Å²) in [5.41, 5.74) is -0.0996. The first-order valence-corrected chi connectivity index (χ1v) is 7.11. The molecule has 1 aliphatic heterocycles. The zero-order valence-electron chi connectivity index (χ0n) is 12.0. The molecule has 0 spiro atoms. The van der Waals surface area contributed by atoms with E-state index in [2.05, 4.69) is 15.2 Å². The topological polar surface area (TPSA) is 82.5 Å². The van der Waals surface area contributed by atoms with E-state index in [9.17, 15) is 9.59 Å². The van der Waals surface area contributed by atoms with Gasteiger partial charge in [-0.15, -0.1) is 0 Å². The molecule has 7 nitrogen and oxygen atoms in total. The quantitative estimate of drug-likeness (QED) is 0.818. The Kier molecular flexibility index (Phi) is 5.19. The maximum atomic E-state index is 12.0. The van der Waals surface area contributed by atoms with Crippen molar-refractivity contribution in [2.75, 3.05) is 19.0 Å². The van der Waals surface area contributed by atoms with E-state index in [0.29, 0.717) is 5.69 Å². The molecule has 21 heavy (non-hydrogen) atoms. The van der Waals surface area contributed by atoms with Crippen molar-refractivity contribution in [1.82, 2.24) is 9.78 Å². The van der Waals surface area contributed by atoms with E-state index in [0.717, 1.165) is 24.1 Å². The Balaban J connectivity index is 2.12. The number of carbonyl (C=O) groups is 1. The summed E-state index contributed by atoms with van der Waals surface area (Å²) in [6.07, 6.45) is 3.53. The van der Waals surface area contributed by atoms with E-state index < -0.39 is 11.5 Å². The highest BCUT2D eigenvalue weighted by Crippen LogP contribution is 2.21. The molecule has 2 atom stereocenters. The van der Waals surface area contributed by atoms with Gasteiger partial charge in [0, 0.05) is 12.6 Å². The highest BCUT2D eigenvalue weighted by atomic mass is 35.5. The van der Waals surface area contributed by atoms with Gasteiger partial charge in [-0.3, -0.25) is 9.59 Å². The van der Waals surface area contributed by atoms with Crippen molar-refractivity contribution in [3.8, 4) is 0 Å². The fourth-order valence-corrected chi connectivity index (χ4v) is 2.40. The summed E-state index contributed by atoms with van der Waals surface area (Å²) in [5, 5.41) is 7.06. The number of esters is 1. The standard InChI is InChI=1S/C13H18ClN3O4/c1-8(10-4-3-5-21-10)16-9-6-15-17(7-11(18)20-2)13(19)12(9)14/h6,8,10,16H,3-5,7H2,1-2H3. The van der Waals surface area contributed by atoms with Crippen molar-refractivity contribution in [2.24, 2.45) is 0 Å². The van der Waals surface area contributed by atoms with Crippen LogP contribution in [0.3, 0.4) is 0 Å². The largest absolute Gasteiger partial charge is 0.468 e. The number of anilines is 1. The Bertz CT molecular complexity index is 569. The molecule has 0 aliphatic carbocycles. The Hall–Kier alpha value is -1.60. The molecule has 8 heteroatoms. The molecule has 2 heterocycles. The summed E-state index contributed by atoms with van der Waals surface area (Å²) in [6, 6.07) is 0.0163. The zero-order valence-corrected chi connectivity index (χ0v) is 12.7. The predicted molar refractivity (Wildman–Crippen MR) is 77.6 cm³/mol. The maximum absolute atomic E-state index is 12.0. The SMILES string of the molecule is COC(=O)Cn1ncc(NC(C)C2CCCO2)c(Cl)c1=O. The lowest BCUT2D eigenvalue weighted by Crippen LogP contribution is -2.32. The van der Waals surface area contributed by atoms with Gasteiger partial charge in [0.1, 0.15) is 11.6 Å². The molecule has 1 aromatic rings. The molecular formula is C13H18ClN3O4. The summed E-state index contributed by atoms with van der Waals surface area (Å²) in [5.74, 6) is -0.561. The minimum atomic E-state index is -0.561. The molecule has 0 bridgehead atoms. The minimum Gasteiger partial charge on any atom is -0.468 e. The van der Waals surface area contributed by atoms with E-state index >= 15 is 0 Å². The third-order valence-corrected chi connectivity index (χ3v) is 3.76. The van der Waals surface area contributed by atoms with Crippen LogP contribution in [0.15, 0.2) is 11.0 Å². The van der Waals surface area contributed by atoms with Crippen molar-refractivity contribution in [3.63, 3.8) is 0 Å². The lowest BCUT2D eigenvalue weighted by Gasteiger charge is -2.21. The average molecular weight is 316 g/mol. The molecule has 0 saturated carbocycles. The number of hydrogen-bond acceptors (Lipinski definition) is 6. The Morgan fingerprint density at radius 3 is 3.10 bits per heavy atom. The third-order valence-electron chi connectivity index (χ3n) is 3.40. The van der Waals surface area contributed by atoms with E-state index in [1.54, 1.807) is 0 Å². The van der Waals surface area contributed by atoms with Gasteiger partial charge in [0.05, 0.1) is 25.1 Å². The third kappa shape index (κ3) is 3.74. The monoisotopic (exact) mass is 315 g/mol. The second-order valence-electron chi connectivity index (χ2n) is 4.90.